The second kappa shape index (κ2) is 5.60. The highest BCUT2D eigenvalue weighted by atomic mass is 15.2. The van der Waals surface area contributed by atoms with Crippen LogP contribution in [0.15, 0.2) is 0 Å². The number of fused-ring (bicyclic) bond motifs is 1. The zero-order valence-corrected chi connectivity index (χ0v) is 12.0. The summed E-state index contributed by atoms with van der Waals surface area (Å²) in [5.41, 5.74) is 5.52. The van der Waals surface area contributed by atoms with Crippen molar-refractivity contribution in [2.75, 3.05) is 13.1 Å². The van der Waals surface area contributed by atoms with Gasteiger partial charge in [0.2, 0.25) is 0 Å². The van der Waals surface area contributed by atoms with Crippen molar-refractivity contribution >= 4 is 5.84 Å². The average Bonchev–Trinajstić information content (AvgIpc) is 2.77. The quantitative estimate of drug-likeness (QED) is 0.583. The molecule has 18 heavy (non-hydrogen) atoms. The van der Waals surface area contributed by atoms with Gasteiger partial charge in [0.05, 0.1) is 5.84 Å². The molecule has 1 saturated heterocycles. The minimum absolute atomic E-state index is 0.120. The summed E-state index contributed by atoms with van der Waals surface area (Å²) in [4.78, 5) is 2.72. The standard InChI is InChI=1S/C15H29N3/c1-15(2,14(16)17)9-5-11-18-10-4-7-12-6-3-8-13(12)18/h12-13H,3-11H2,1-2H3,(H3,16,17). The Kier molecular flexibility index (Phi) is 4.31. The van der Waals surface area contributed by atoms with Gasteiger partial charge in [-0.15, -0.1) is 0 Å². The second-order valence-electron chi connectivity index (χ2n) is 6.84. The summed E-state index contributed by atoms with van der Waals surface area (Å²) < 4.78 is 0. The summed E-state index contributed by atoms with van der Waals surface area (Å²) in [6.07, 6.45) is 9.37. The Bertz CT molecular complexity index is 298. The number of hydrogen-bond acceptors (Lipinski definition) is 2. The number of hydrogen-bond donors (Lipinski definition) is 2. The van der Waals surface area contributed by atoms with Crippen LogP contribution in [0.25, 0.3) is 0 Å². The first-order valence-corrected chi connectivity index (χ1v) is 7.59. The van der Waals surface area contributed by atoms with Crippen LogP contribution in [0.2, 0.25) is 0 Å². The molecular formula is C15H29N3. The van der Waals surface area contributed by atoms with Crippen LogP contribution < -0.4 is 5.73 Å². The molecule has 1 aliphatic carbocycles. The number of amidine groups is 1. The van der Waals surface area contributed by atoms with Gasteiger partial charge >= 0.3 is 0 Å². The lowest BCUT2D eigenvalue weighted by Crippen LogP contribution is -2.43. The number of nitrogens with one attached hydrogen (secondary N) is 1. The number of rotatable bonds is 5. The molecule has 2 unspecified atom stereocenters. The van der Waals surface area contributed by atoms with Gasteiger partial charge in [0.25, 0.3) is 0 Å². The van der Waals surface area contributed by atoms with Crippen LogP contribution in [0.3, 0.4) is 0 Å². The van der Waals surface area contributed by atoms with Crippen LogP contribution in [0.5, 0.6) is 0 Å². The van der Waals surface area contributed by atoms with E-state index in [2.05, 4.69) is 18.7 Å². The Labute approximate surface area is 112 Å². The highest BCUT2D eigenvalue weighted by molar-refractivity contribution is 5.82. The lowest BCUT2D eigenvalue weighted by atomic mass is 9.86. The molecule has 2 aliphatic rings. The van der Waals surface area contributed by atoms with Crippen molar-refractivity contribution in [1.82, 2.24) is 4.90 Å². The van der Waals surface area contributed by atoms with Gasteiger partial charge < -0.3 is 10.6 Å². The number of nitrogens with zero attached hydrogens (tertiary/aromatic N) is 1. The first kappa shape index (κ1) is 13.9. The van der Waals surface area contributed by atoms with Crippen molar-refractivity contribution in [3.05, 3.63) is 0 Å². The van der Waals surface area contributed by atoms with E-state index in [1.54, 1.807) is 0 Å². The number of nitrogens with two attached hydrogens (primary N) is 1. The topological polar surface area (TPSA) is 53.1 Å². The van der Waals surface area contributed by atoms with E-state index in [9.17, 15) is 0 Å². The third-order valence-corrected chi connectivity index (χ3v) is 5.08. The molecule has 104 valence electrons. The van der Waals surface area contributed by atoms with Crippen LogP contribution in [-0.4, -0.2) is 29.9 Å². The molecule has 0 aromatic carbocycles. The second-order valence-corrected chi connectivity index (χ2v) is 6.84. The Balaban J connectivity index is 1.78. The fourth-order valence-electron chi connectivity index (χ4n) is 3.69. The summed E-state index contributed by atoms with van der Waals surface area (Å²) in [7, 11) is 0. The molecule has 2 rings (SSSR count). The van der Waals surface area contributed by atoms with Crippen LogP contribution in [0.4, 0.5) is 0 Å². The minimum Gasteiger partial charge on any atom is -0.387 e. The molecule has 3 N–H and O–H groups in total. The van der Waals surface area contributed by atoms with E-state index < -0.39 is 0 Å². The lowest BCUT2D eigenvalue weighted by Gasteiger charge is -2.38. The van der Waals surface area contributed by atoms with Gasteiger partial charge in [-0.25, -0.2) is 0 Å². The zero-order valence-electron chi connectivity index (χ0n) is 12.0. The number of likely N-dealkylation sites (tertiary alicyclic amines) is 1. The monoisotopic (exact) mass is 251 g/mol. The van der Waals surface area contributed by atoms with Crippen molar-refractivity contribution < 1.29 is 0 Å². The van der Waals surface area contributed by atoms with Crippen molar-refractivity contribution in [3.63, 3.8) is 0 Å². The maximum absolute atomic E-state index is 7.60. The van der Waals surface area contributed by atoms with E-state index in [-0.39, 0.29) is 5.41 Å². The van der Waals surface area contributed by atoms with Gasteiger partial charge in [0, 0.05) is 11.5 Å². The summed E-state index contributed by atoms with van der Waals surface area (Å²) in [6.45, 7) is 6.67. The molecule has 0 radical (unpaired) electrons. The number of piperidine rings is 1. The molecular weight excluding hydrogens is 222 g/mol. The van der Waals surface area contributed by atoms with E-state index in [1.807, 2.05) is 0 Å². The molecule has 0 aromatic rings. The van der Waals surface area contributed by atoms with Crippen molar-refractivity contribution in [2.45, 2.75) is 64.8 Å². The third kappa shape index (κ3) is 3.05. The van der Waals surface area contributed by atoms with Gasteiger partial charge in [0.15, 0.2) is 0 Å². The first-order chi connectivity index (χ1) is 8.50. The van der Waals surface area contributed by atoms with Gasteiger partial charge in [-0.3, -0.25) is 5.41 Å². The van der Waals surface area contributed by atoms with Gasteiger partial charge in [0.1, 0.15) is 0 Å². The molecule has 0 amide bonds. The highest BCUT2D eigenvalue weighted by Gasteiger charge is 2.34. The highest BCUT2D eigenvalue weighted by Crippen LogP contribution is 2.37. The van der Waals surface area contributed by atoms with Crippen LogP contribution in [0.1, 0.15) is 58.8 Å². The van der Waals surface area contributed by atoms with Crippen LogP contribution >= 0.6 is 0 Å². The lowest BCUT2D eigenvalue weighted by molar-refractivity contribution is 0.109. The zero-order chi connectivity index (χ0) is 13.2. The molecule has 2 atom stereocenters. The predicted molar refractivity (Wildman–Crippen MR) is 76.9 cm³/mol. The van der Waals surface area contributed by atoms with Crippen LogP contribution in [-0.2, 0) is 0 Å². The van der Waals surface area contributed by atoms with Gasteiger partial charge in [-0.05, 0) is 57.5 Å². The Morgan fingerprint density at radius 3 is 2.72 bits per heavy atom. The molecule has 3 heteroatoms. The van der Waals surface area contributed by atoms with E-state index in [1.165, 1.54) is 51.6 Å². The Hall–Kier alpha value is -0.570. The summed E-state index contributed by atoms with van der Waals surface area (Å²) in [5, 5.41) is 7.60. The molecule has 1 saturated carbocycles. The van der Waals surface area contributed by atoms with Gasteiger partial charge in [-0.2, -0.15) is 0 Å². The summed E-state index contributed by atoms with van der Waals surface area (Å²) in [5.74, 6) is 1.32. The molecule has 0 spiro atoms. The van der Waals surface area contributed by atoms with E-state index >= 15 is 0 Å². The van der Waals surface area contributed by atoms with E-state index in [0.717, 1.165) is 18.4 Å². The normalized spacial score (nSPS) is 29.2. The Morgan fingerprint density at radius 2 is 2.00 bits per heavy atom. The average molecular weight is 251 g/mol. The molecule has 0 aromatic heterocycles. The van der Waals surface area contributed by atoms with E-state index in [4.69, 9.17) is 11.1 Å². The van der Waals surface area contributed by atoms with Crippen molar-refractivity contribution in [3.8, 4) is 0 Å². The maximum atomic E-state index is 7.60. The Morgan fingerprint density at radius 1 is 1.28 bits per heavy atom. The smallest absolute Gasteiger partial charge is 0.0963 e. The minimum atomic E-state index is -0.120. The fraction of sp³-hybridized carbons (Fsp3) is 0.933. The first-order valence-electron chi connectivity index (χ1n) is 7.59. The third-order valence-electron chi connectivity index (χ3n) is 5.08. The van der Waals surface area contributed by atoms with E-state index in [0.29, 0.717) is 5.84 Å². The molecule has 1 heterocycles. The van der Waals surface area contributed by atoms with Crippen molar-refractivity contribution in [2.24, 2.45) is 17.1 Å². The predicted octanol–water partition coefficient (Wildman–Crippen LogP) is 2.99. The van der Waals surface area contributed by atoms with Crippen molar-refractivity contribution in [1.29, 1.82) is 5.41 Å². The summed E-state index contributed by atoms with van der Waals surface area (Å²) >= 11 is 0. The summed E-state index contributed by atoms with van der Waals surface area (Å²) in [6, 6.07) is 0.874. The van der Waals surface area contributed by atoms with Crippen LogP contribution in [0, 0.1) is 16.7 Å². The molecule has 0 bridgehead atoms. The SMILES string of the molecule is CC(C)(CCCN1CCCC2CCCC21)C(=N)N. The maximum Gasteiger partial charge on any atom is 0.0963 e. The molecule has 1 aliphatic heterocycles. The fourth-order valence-corrected chi connectivity index (χ4v) is 3.69. The molecule has 3 nitrogen and oxygen atoms in total. The molecule has 2 fully saturated rings. The largest absolute Gasteiger partial charge is 0.387 e. The van der Waals surface area contributed by atoms with Gasteiger partial charge in [-0.1, -0.05) is 20.3 Å².